The Balaban J connectivity index is 4.33. The maximum Gasteiger partial charge on any atom is 0.242 e. The van der Waals surface area contributed by atoms with Crippen LogP contribution in [0.25, 0.3) is 0 Å². The van der Waals surface area contributed by atoms with Crippen molar-refractivity contribution >= 4 is 11.6 Å². The van der Waals surface area contributed by atoms with E-state index in [0.29, 0.717) is 11.8 Å². The molecule has 0 saturated carbocycles. The first-order valence-corrected chi connectivity index (χ1v) is 4.51. The Morgan fingerprint density at radius 3 is 2.00 bits per heavy atom. The second-order valence-electron chi connectivity index (χ2n) is 3.87. The zero-order valence-electron chi connectivity index (χ0n) is 8.72. The van der Waals surface area contributed by atoms with Gasteiger partial charge in [0.15, 0.2) is 0 Å². The summed E-state index contributed by atoms with van der Waals surface area (Å²) in [7, 11) is 0. The number of carbonyl (C=O) groups excluding carboxylic acids is 1. The summed E-state index contributed by atoms with van der Waals surface area (Å²) in [4.78, 5) is 14.7. The van der Waals surface area contributed by atoms with Crippen molar-refractivity contribution < 1.29 is 4.79 Å². The Labute approximate surface area is 75.1 Å². The third kappa shape index (κ3) is 5.05. The molecular weight excluding hydrogens is 150 g/mol. The number of hydrogen-bond donors (Lipinski definition) is 0. The molecule has 2 heteroatoms. The lowest BCUT2D eigenvalue weighted by atomic mass is 9.98. The zero-order chi connectivity index (χ0) is 9.72. The molecule has 0 radical (unpaired) electrons. The Hall–Kier alpha value is -0.660. The molecule has 0 spiro atoms. The van der Waals surface area contributed by atoms with Gasteiger partial charge in [0.05, 0.1) is 0 Å². The second-order valence-corrected chi connectivity index (χ2v) is 3.87. The fourth-order valence-electron chi connectivity index (χ4n) is 1.03. The Kier molecular flexibility index (Phi) is 4.79. The van der Waals surface area contributed by atoms with Gasteiger partial charge in [0, 0.05) is 12.6 Å². The molecule has 0 saturated heterocycles. The van der Waals surface area contributed by atoms with Crippen LogP contribution in [0.2, 0.25) is 0 Å². The molecule has 0 fully saturated rings. The third-order valence-electron chi connectivity index (χ3n) is 1.58. The van der Waals surface area contributed by atoms with E-state index in [1.165, 1.54) is 6.92 Å². The van der Waals surface area contributed by atoms with Crippen molar-refractivity contribution in [2.75, 3.05) is 0 Å². The number of aliphatic imine (C=N–C) groups is 1. The van der Waals surface area contributed by atoms with Crippen LogP contribution in [-0.4, -0.2) is 11.6 Å². The van der Waals surface area contributed by atoms with Gasteiger partial charge in [-0.25, -0.2) is 4.99 Å². The molecule has 0 aromatic rings. The normalized spacial score (nSPS) is 12.8. The van der Waals surface area contributed by atoms with Crippen molar-refractivity contribution in [3.63, 3.8) is 0 Å². The largest absolute Gasteiger partial charge is 0.273 e. The monoisotopic (exact) mass is 169 g/mol. The lowest BCUT2D eigenvalue weighted by molar-refractivity contribution is -0.115. The summed E-state index contributed by atoms with van der Waals surface area (Å²) in [5.41, 5.74) is 1.03. The smallest absolute Gasteiger partial charge is 0.242 e. The van der Waals surface area contributed by atoms with Crippen LogP contribution >= 0.6 is 0 Å². The van der Waals surface area contributed by atoms with Crippen LogP contribution < -0.4 is 0 Å². The molecule has 1 amide bonds. The summed E-state index contributed by atoms with van der Waals surface area (Å²) in [6, 6.07) is 0. The standard InChI is InChI=1S/C10H19NO/c1-7(2)6-10(8(3)4)11-9(5)12/h7-8H,6H2,1-5H3. The SMILES string of the molecule is CC(=O)N=C(CC(C)C)C(C)C. The van der Waals surface area contributed by atoms with Crippen molar-refractivity contribution in [3.8, 4) is 0 Å². The highest BCUT2D eigenvalue weighted by Gasteiger charge is 2.08. The summed E-state index contributed by atoms with van der Waals surface area (Å²) in [5.74, 6) is 0.876. The summed E-state index contributed by atoms with van der Waals surface area (Å²) in [6.07, 6.45) is 0.928. The van der Waals surface area contributed by atoms with Crippen LogP contribution in [0.3, 0.4) is 0 Å². The summed E-state index contributed by atoms with van der Waals surface area (Å²) in [5, 5.41) is 0. The molecule has 0 aliphatic heterocycles. The molecule has 0 aliphatic carbocycles. The summed E-state index contributed by atoms with van der Waals surface area (Å²) in [6.45, 7) is 9.92. The van der Waals surface area contributed by atoms with E-state index in [4.69, 9.17) is 0 Å². The van der Waals surface area contributed by atoms with Gasteiger partial charge in [-0.05, 0) is 18.3 Å². The summed E-state index contributed by atoms with van der Waals surface area (Å²) >= 11 is 0. The molecule has 0 N–H and O–H groups in total. The van der Waals surface area contributed by atoms with E-state index in [-0.39, 0.29) is 5.91 Å². The number of hydrogen-bond acceptors (Lipinski definition) is 1. The van der Waals surface area contributed by atoms with E-state index in [2.05, 4.69) is 32.7 Å². The average Bonchev–Trinajstić information content (AvgIpc) is 1.83. The molecule has 0 atom stereocenters. The minimum Gasteiger partial charge on any atom is -0.273 e. The van der Waals surface area contributed by atoms with Crippen LogP contribution in [0.15, 0.2) is 4.99 Å². The molecule has 0 rings (SSSR count). The van der Waals surface area contributed by atoms with Crippen molar-refractivity contribution in [2.24, 2.45) is 16.8 Å². The van der Waals surface area contributed by atoms with E-state index < -0.39 is 0 Å². The van der Waals surface area contributed by atoms with Gasteiger partial charge in [-0.15, -0.1) is 0 Å². The highest BCUT2D eigenvalue weighted by Crippen LogP contribution is 2.09. The molecule has 0 bridgehead atoms. The number of rotatable bonds is 3. The minimum atomic E-state index is -0.0839. The third-order valence-corrected chi connectivity index (χ3v) is 1.58. The first-order chi connectivity index (χ1) is 5.43. The first-order valence-electron chi connectivity index (χ1n) is 4.51. The van der Waals surface area contributed by atoms with E-state index in [1.54, 1.807) is 0 Å². The van der Waals surface area contributed by atoms with Crippen LogP contribution in [0.4, 0.5) is 0 Å². The van der Waals surface area contributed by atoms with Crippen molar-refractivity contribution in [1.29, 1.82) is 0 Å². The van der Waals surface area contributed by atoms with Crippen LogP contribution in [0.5, 0.6) is 0 Å². The average molecular weight is 169 g/mol. The van der Waals surface area contributed by atoms with E-state index >= 15 is 0 Å². The molecule has 12 heavy (non-hydrogen) atoms. The number of carbonyl (C=O) groups is 1. The van der Waals surface area contributed by atoms with E-state index in [0.717, 1.165) is 12.1 Å². The predicted molar refractivity (Wildman–Crippen MR) is 52.4 cm³/mol. The van der Waals surface area contributed by atoms with Gasteiger partial charge in [0.25, 0.3) is 0 Å². The number of nitrogens with zero attached hydrogens (tertiary/aromatic N) is 1. The van der Waals surface area contributed by atoms with Gasteiger partial charge >= 0.3 is 0 Å². The van der Waals surface area contributed by atoms with E-state index in [1.807, 2.05) is 0 Å². The fourth-order valence-corrected chi connectivity index (χ4v) is 1.03. The van der Waals surface area contributed by atoms with Gasteiger partial charge in [0.2, 0.25) is 5.91 Å². The molecule has 0 aromatic carbocycles. The zero-order valence-corrected chi connectivity index (χ0v) is 8.72. The van der Waals surface area contributed by atoms with Gasteiger partial charge in [0.1, 0.15) is 0 Å². The summed E-state index contributed by atoms with van der Waals surface area (Å²) < 4.78 is 0. The van der Waals surface area contributed by atoms with Crippen LogP contribution in [0, 0.1) is 11.8 Å². The predicted octanol–water partition coefficient (Wildman–Crippen LogP) is 2.68. The van der Waals surface area contributed by atoms with Crippen LogP contribution in [0.1, 0.15) is 41.0 Å². The molecule has 0 heterocycles. The Morgan fingerprint density at radius 1 is 1.25 bits per heavy atom. The van der Waals surface area contributed by atoms with Gasteiger partial charge < -0.3 is 0 Å². The van der Waals surface area contributed by atoms with Crippen LogP contribution in [-0.2, 0) is 4.79 Å². The maximum atomic E-state index is 10.8. The molecule has 0 aliphatic rings. The molecule has 70 valence electrons. The van der Waals surface area contributed by atoms with Crippen molar-refractivity contribution in [2.45, 2.75) is 41.0 Å². The molecule has 2 nitrogen and oxygen atoms in total. The minimum absolute atomic E-state index is 0.0839. The number of amides is 1. The topological polar surface area (TPSA) is 29.4 Å². The van der Waals surface area contributed by atoms with Gasteiger partial charge in [-0.2, -0.15) is 0 Å². The highest BCUT2D eigenvalue weighted by atomic mass is 16.1. The molecule has 0 aromatic heterocycles. The lowest BCUT2D eigenvalue weighted by Crippen LogP contribution is -2.12. The van der Waals surface area contributed by atoms with Gasteiger partial charge in [-0.3, -0.25) is 4.79 Å². The maximum absolute atomic E-state index is 10.8. The molecular formula is C10H19NO. The van der Waals surface area contributed by atoms with Crippen molar-refractivity contribution in [1.82, 2.24) is 0 Å². The Bertz CT molecular complexity index is 180. The fraction of sp³-hybridized carbons (Fsp3) is 0.800. The Morgan fingerprint density at radius 2 is 1.75 bits per heavy atom. The molecule has 0 unspecified atom stereocenters. The highest BCUT2D eigenvalue weighted by molar-refractivity contribution is 5.95. The second kappa shape index (κ2) is 5.07. The van der Waals surface area contributed by atoms with Gasteiger partial charge in [-0.1, -0.05) is 27.7 Å². The lowest BCUT2D eigenvalue weighted by Gasteiger charge is -2.11. The van der Waals surface area contributed by atoms with Crippen molar-refractivity contribution in [3.05, 3.63) is 0 Å². The van der Waals surface area contributed by atoms with E-state index in [9.17, 15) is 4.79 Å². The first kappa shape index (κ1) is 11.3. The quantitative estimate of drug-likeness (QED) is 0.597.